The van der Waals surface area contributed by atoms with Gasteiger partial charge in [-0.1, -0.05) is 309 Å². The maximum absolute atomic E-state index is 8.72. The molecule has 0 atom stereocenters. The van der Waals surface area contributed by atoms with Gasteiger partial charge in [0.2, 0.25) is 0 Å². The molecule has 19 aromatic rings. The maximum atomic E-state index is 8.72. The van der Waals surface area contributed by atoms with Crippen molar-refractivity contribution in [3.63, 3.8) is 0 Å². The molecule has 1 aliphatic rings. The van der Waals surface area contributed by atoms with Crippen molar-refractivity contribution >= 4 is 87.4 Å². The highest BCUT2D eigenvalue weighted by atomic mass is 32.1. The summed E-state index contributed by atoms with van der Waals surface area (Å²) in [5.41, 5.74) is 26.3. The lowest BCUT2D eigenvalue weighted by Crippen LogP contribution is -2.28. The summed E-state index contributed by atoms with van der Waals surface area (Å²) >= 11 is 1.86. The minimum atomic E-state index is -0.604. The van der Waals surface area contributed by atoms with E-state index in [9.17, 15) is 0 Å². The van der Waals surface area contributed by atoms with Crippen LogP contribution in [0.5, 0.6) is 0 Å². The molecule has 1 aliphatic carbocycles. The molecule has 0 radical (unpaired) electrons. The summed E-state index contributed by atoms with van der Waals surface area (Å²) in [6.45, 7) is 0. The van der Waals surface area contributed by atoms with Crippen LogP contribution in [0.1, 0.15) is 29.1 Å². The first kappa shape index (κ1) is 58.8. The average Bonchev–Trinajstić information content (AvgIpc) is 1.53. The van der Waals surface area contributed by atoms with Crippen molar-refractivity contribution in [2.24, 2.45) is 0 Å². The van der Waals surface area contributed by atoms with Crippen molar-refractivity contribution in [2.75, 3.05) is 9.80 Å². The van der Waals surface area contributed by atoms with E-state index in [0.29, 0.717) is 5.56 Å². The summed E-state index contributed by atoms with van der Waals surface area (Å²) in [6.07, 6.45) is 0. The van der Waals surface area contributed by atoms with E-state index >= 15 is 0 Å². The van der Waals surface area contributed by atoms with E-state index in [4.69, 9.17) is 6.85 Å². The van der Waals surface area contributed by atoms with Crippen molar-refractivity contribution < 1.29 is 6.85 Å². The zero-order valence-corrected chi connectivity index (χ0v) is 59.2. The van der Waals surface area contributed by atoms with E-state index in [1.807, 2.05) is 41.7 Å². The van der Waals surface area contributed by atoms with E-state index in [0.717, 1.165) is 62.0 Å². The lowest BCUT2D eigenvalue weighted by molar-refractivity contribution is 0.768. The van der Waals surface area contributed by atoms with Gasteiger partial charge < -0.3 is 14.4 Å². The smallest absolute Gasteiger partial charge is 0.0714 e. The van der Waals surface area contributed by atoms with Gasteiger partial charge in [-0.3, -0.25) is 0 Å². The lowest BCUT2D eigenvalue weighted by Gasteiger charge is -2.35. The van der Waals surface area contributed by atoms with Crippen LogP contribution in [-0.2, 0) is 5.41 Å². The summed E-state index contributed by atoms with van der Waals surface area (Å²) in [7, 11) is 0. The highest BCUT2D eigenvalue weighted by Crippen LogP contribution is 2.57. The Morgan fingerprint density at radius 3 is 1.21 bits per heavy atom. The number of nitrogens with zero attached hydrogens (tertiary/aromatic N) is 3. The predicted molar refractivity (Wildman–Crippen MR) is 454 cm³/mol. The highest BCUT2D eigenvalue weighted by molar-refractivity contribution is 7.25. The Morgan fingerprint density at radius 1 is 0.243 bits per heavy atom. The first-order valence-electron chi connectivity index (χ1n) is 38.8. The predicted octanol–water partition coefficient (Wildman–Crippen LogP) is 28.5. The van der Waals surface area contributed by atoms with Gasteiger partial charge in [-0.25, -0.2) is 0 Å². The van der Waals surface area contributed by atoms with Crippen LogP contribution in [0.4, 0.5) is 34.1 Å². The third kappa shape index (κ3) is 11.8. The van der Waals surface area contributed by atoms with Gasteiger partial charge in [-0.15, -0.1) is 11.3 Å². The number of anilines is 6. The number of thiophene rings is 1. The van der Waals surface area contributed by atoms with E-state index in [2.05, 4.69) is 384 Å². The van der Waals surface area contributed by atoms with Crippen LogP contribution < -0.4 is 9.80 Å². The fourth-order valence-corrected chi connectivity index (χ4v) is 17.1. The Kier molecular flexibility index (Phi) is 15.3. The fourth-order valence-electron chi connectivity index (χ4n) is 16.0. The molecule has 0 unspecified atom stereocenters. The van der Waals surface area contributed by atoms with E-state index in [1.54, 1.807) is 0 Å². The van der Waals surface area contributed by atoms with Crippen molar-refractivity contribution in [1.82, 2.24) is 4.57 Å². The van der Waals surface area contributed by atoms with Gasteiger partial charge in [-0.2, -0.15) is 0 Å². The molecule has 20 rings (SSSR count). The van der Waals surface area contributed by atoms with Crippen molar-refractivity contribution in [1.29, 1.82) is 0 Å². The van der Waals surface area contributed by atoms with Crippen LogP contribution in [0, 0.1) is 0 Å². The molecule has 2 aromatic heterocycles. The van der Waals surface area contributed by atoms with Crippen LogP contribution in [-0.4, -0.2) is 4.57 Å². The zero-order valence-electron chi connectivity index (χ0n) is 63.4. The minimum absolute atomic E-state index is 0.174. The zero-order chi connectivity index (χ0) is 75.4. The molecule has 504 valence electrons. The van der Waals surface area contributed by atoms with Gasteiger partial charge in [0.15, 0.2) is 0 Å². The number of aromatic nitrogens is 1. The van der Waals surface area contributed by atoms with Crippen LogP contribution in [0.15, 0.2) is 431 Å². The summed E-state index contributed by atoms with van der Waals surface area (Å²) in [6, 6.07) is 141. The lowest BCUT2D eigenvalue weighted by atomic mass is 9.67. The normalized spacial score (nSPS) is 12.7. The molecule has 0 spiro atoms. The molecule has 4 heteroatoms. The molecule has 17 aromatic carbocycles. The van der Waals surface area contributed by atoms with Crippen molar-refractivity contribution in [2.45, 2.75) is 5.41 Å². The number of hydrogen-bond donors (Lipinski definition) is 0. The van der Waals surface area contributed by atoms with E-state index in [1.165, 1.54) is 97.7 Å². The molecule has 0 N–H and O–H groups in total. The maximum Gasteiger partial charge on any atom is 0.0714 e. The Hall–Kier alpha value is -13.6. The SMILES string of the molecule is [2H]c1c([2H])c([2H])c(-c2ccc(N(c3ccc(-c4ccc5c(c4)c4ccccc4n5-c4ccccc4)cc3)c3ccc4c(c3)C(c3ccccc3)(c3ccccc3)c3ccccc3-4)cc2)c([2H])c1[2H].c1ccc(-c2ccc(-c3ccc(N(c4ccccc4)c4ccc(-c5ccc6sc7ccccc7c6c5)cc4)cc3)cc2)cc1. The summed E-state index contributed by atoms with van der Waals surface area (Å²) < 4.78 is 47.3. The molecule has 0 amide bonds. The molecular formula is C103H71N3S. The van der Waals surface area contributed by atoms with Crippen LogP contribution in [0.2, 0.25) is 0 Å². The monoisotopic (exact) mass is 1390 g/mol. The molecule has 3 nitrogen and oxygen atoms in total. The Balaban J connectivity index is 0.000000165. The summed E-state index contributed by atoms with van der Waals surface area (Å²) in [4.78, 5) is 4.57. The third-order valence-corrected chi connectivity index (χ3v) is 22.2. The summed E-state index contributed by atoms with van der Waals surface area (Å²) in [5, 5.41) is 5.04. The highest BCUT2D eigenvalue weighted by Gasteiger charge is 2.46. The van der Waals surface area contributed by atoms with E-state index in [-0.39, 0.29) is 29.7 Å². The Bertz CT molecular complexity index is 6630. The quantitative estimate of drug-likeness (QED) is 0.107. The van der Waals surface area contributed by atoms with Gasteiger partial charge in [0.1, 0.15) is 0 Å². The third-order valence-electron chi connectivity index (χ3n) is 21.1. The largest absolute Gasteiger partial charge is 0.311 e. The molecular weight excluding hydrogens is 1310 g/mol. The second-order valence-electron chi connectivity index (χ2n) is 27.1. The molecule has 0 saturated carbocycles. The molecule has 0 bridgehead atoms. The molecule has 0 saturated heterocycles. The molecule has 2 heterocycles. The Morgan fingerprint density at radius 2 is 0.626 bits per heavy atom. The molecule has 0 fully saturated rings. The standard InChI is InChI=1S/C61H42N2.C42H29NS/c1-5-17-43(18-6-1)44-29-34-50(35-30-44)62(51-36-31-45(32-37-51)46-33-40-60-56(41-46)55-26-14-16-28-59(55)63(60)49-23-11-4-12-24-49)52-38-39-54-53-25-13-15-27-57(53)61(58(54)42-52,47-19-7-2-8-20-47)48-21-9-3-10-22-48;1-3-9-30(10-4-1)31-15-17-32(18-16-31)33-19-24-37(25-20-33)43(36-11-5-2-6-12-36)38-26-21-34(22-27-38)35-23-28-42-40(29-35)39-13-7-8-14-41(39)44-42/h1-42H;1-29H/i1D,5D,6D,17D,18D;. The number of para-hydroxylation sites is 3. The first-order valence-corrected chi connectivity index (χ1v) is 37.1. The number of hydrogen-bond acceptors (Lipinski definition) is 3. The van der Waals surface area contributed by atoms with E-state index < -0.39 is 11.5 Å². The topological polar surface area (TPSA) is 11.4 Å². The van der Waals surface area contributed by atoms with Crippen molar-refractivity contribution in [3.05, 3.63) is 453 Å². The number of benzene rings is 17. The molecule has 0 aliphatic heterocycles. The fraction of sp³-hybridized carbons (Fsp3) is 0.00971. The van der Waals surface area contributed by atoms with Crippen molar-refractivity contribution in [3.8, 4) is 72.4 Å². The Labute approximate surface area is 635 Å². The van der Waals surface area contributed by atoms with Gasteiger partial charge in [0, 0.05) is 70.8 Å². The van der Waals surface area contributed by atoms with Crippen LogP contribution in [0.3, 0.4) is 0 Å². The van der Waals surface area contributed by atoms with Gasteiger partial charge in [-0.05, 0) is 210 Å². The minimum Gasteiger partial charge on any atom is -0.311 e. The number of fused-ring (bicyclic) bond motifs is 9. The first-order chi connectivity index (χ1) is 55.1. The molecule has 107 heavy (non-hydrogen) atoms. The summed E-state index contributed by atoms with van der Waals surface area (Å²) in [5.74, 6) is 0. The number of rotatable bonds is 14. The van der Waals surface area contributed by atoms with Crippen LogP contribution in [0.25, 0.3) is 114 Å². The van der Waals surface area contributed by atoms with Crippen LogP contribution >= 0.6 is 11.3 Å². The average molecular weight is 1390 g/mol. The van der Waals surface area contributed by atoms with Gasteiger partial charge in [0.25, 0.3) is 0 Å². The second-order valence-corrected chi connectivity index (χ2v) is 28.2. The second kappa shape index (κ2) is 27.9. The van der Waals surface area contributed by atoms with Gasteiger partial charge in [0.05, 0.1) is 23.3 Å². The van der Waals surface area contributed by atoms with Gasteiger partial charge >= 0.3 is 0 Å².